The van der Waals surface area contributed by atoms with Crippen LogP contribution in [0.2, 0.25) is 0 Å². The predicted molar refractivity (Wildman–Crippen MR) is 79.3 cm³/mol. The van der Waals surface area contributed by atoms with Crippen LogP contribution >= 0.6 is 15.9 Å². The number of halogens is 1. The Hall–Kier alpha value is -1.88. The van der Waals surface area contributed by atoms with E-state index in [9.17, 15) is 10.1 Å². The van der Waals surface area contributed by atoms with Crippen LogP contribution in [0.25, 0.3) is 0 Å². The summed E-state index contributed by atoms with van der Waals surface area (Å²) in [5.74, 6) is 0. The summed E-state index contributed by atoms with van der Waals surface area (Å²) in [6.45, 7) is 2.01. The number of hydrogen-bond donors (Lipinski definition) is 1. The molecule has 98 valence electrons. The SMILES string of the molecule is CC(Nc1ccccc1Br)c1ccc([N+](=O)[O-])cc1. The van der Waals surface area contributed by atoms with Crippen LogP contribution in [-0.2, 0) is 0 Å². The number of nitro benzene ring substituents is 1. The first kappa shape index (κ1) is 13.5. The molecule has 2 aromatic rings. The molecule has 0 aliphatic heterocycles. The zero-order chi connectivity index (χ0) is 13.8. The second kappa shape index (κ2) is 5.84. The van der Waals surface area contributed by atoms with Crippen LogP contribution in [0.15, 0.2) is 53.0 Å². The van der Waals surface area contributed by atoms with Gasteiger partial charge in [-0.05, 0) is 40.5 Å². The highest BCUT2D eigenvalue weighted by atomic mass is 79.9. The van der Waals surface area contributed by atoms with Crippen molar-refractivity contribution in [3.05, 3.63) is 68.7 Å². The first-order chi connectivity index (χ1) is 9.08. The molecule has 1 unspecified atom stereocenters. The van der Waals surface area contributed by atoms with Crippen molar-refractivity contribution in [1.82, 2.24) is 0 Å². The van der Waals surface area contributed by atoms with E-state index < -0.39 is 4.92 Å². The monoisotopic (exact) mass is 320 g/mol. The van der Waals surface area contributed by atoms with E-state index in [0.717, 1.165) is 15.7 Å². The predicted octanol–water partition coefficient (Wildman–Crippen LogP) is 4.53. The molecule has 5 heteroatoms. The Labute approximate surface area is 119 Å². The van der Waals surface area contributed by atoms with Gasteiger partial charge in [-0.1, -0.05) is 24.3 Å². The van der Waals surface area contributed by atoms with Gasteiger partial charge < -0.3 is 5.32 Å². The molecule has 0 amide bonds. The number of para-hydroxylation sites is 1. The van der Waals surface area contributed by atoms with Gasteiger partial charge in [0.25, 0.3) is 5.69 Å². The third-order valence-electron chi connectivity index (χ3n) is 2.85. The fraction of sp³-hybridized carbons (Fsp3) is 0.143. The molecule has 0 aliphatic rings. The van der Waals surface area contributed by atoms with Gasteiger partial charge in [0.1, 0.15) is 0 Å². The molecule has 2 aromatic carbocycles. The minimum atomic E-state index is -0.393. The Kier molecular flexibility index (Phi) is 4.16. The Morgan fingerprint density at radius 3 is 2.37 bits per heavy atom. The molecule has 2 rings (SSSR count). The minimum absolute atomic E-state index is 0.0690. The van der Waals surface area contributed by atoms with Crippen molar-refractivity contribution in [3.8, 4) is 0 Å². The van der Waals surface area contributed by atoms with Crippen molar-refractivity contribution in [1.29, 1.82) is 0 Å². The largest absolute Gasteiger partial charge is 0.378 e. The second-order valence-corrected chi connectivity index (χ2v) is 5.05. The van der Waals surface area contributed by atoms with Crippen LogP contribution in [-0.4, -0.2) is 4.92 Å². The normalized spacial score (nSPS) is 11.9. The van der Waals surface area contributed by atoms with Crippen LogP contribution in [0.5, 0.6) is 0 Å². The van der Waals surface area contributed by atoms with Crippen molar-refractivity contribution in [2.75, 3.05) is 5.32 Å². The number of rotatable bonds is 4. The summed E-state index contributed by atoms with van der Waals surface area (Å²) in [5, 5.41) is 14.0. The number of benzene rings is 2. The van der Waals surface area contributed by atoms with Gasteiger partial charge in [-0.15, -0.1) is 0 Å². The molecule has 1 atom stereocenters. The number of hydrogen-bond acceptors (Lipinski definition) is 3. The van der Waals surface area contributed by atoms with Gasteiger partial charge in [0.05, 0.1) is 4.92 Å². The Morgan fingerprint density at radius 2 is 1.79 bits per heavy atom. The van der Waals surface area contributed by atoms with Gasteiger partial charge in [0, 0.05) is 28.3 Å². The molecular weight excluding hydrogens is 308 g/mol. The van der Waals surface area contributed by atoms with Crippen molar-refractivity contribution in [2.24, 2.45) is 0 Å². The van der Waals surface area contributed by atoms with Crippen molar-refractivity contribution >= 4 is 27.3 Å². The van der Waals surface area contributed by atoms with E-state index in [-0.39, 0.29) is 11.7 Å². The highest BCUT2D eigenvalue weighted by Crippen LogP contribution is 2.26. The van der Waals surface area contributed by atoms with Crippen molar-refractivity contribution < 1.29 is 4.92 Å². The molecule has 0 fully saturated rings. The molecule has 0 aliphatic carbocycles. The lowest BCUT2D eigenvalue weighted by Gasteiger charge is -2.16. The van der Waals surface area contributed by atoms with Gasteiger partial charge in [-0.25, -0.2) is 0 Å². The average Bonchev–Trinajstić information content (AvgIpc) is 2.41. The van der Waals surface area contributed by atoms with E-state index in [2.05, 4.69) is 21.2 Å². The van der Waals surface area contributed by atoms with E-state index in [0.29, 0.717) is 0 Å². The number of non-ortho nitro benzene ring substituents is 1. The van der Waals surface area contributed by atoms with Crippen LogP contribution in [0.4, 0.5) is 11.4 Å². The fourth-order valence-electron chi connectivity index (χ4n) is 1.78. The van der Waals surface area contributed by atoms with Gasteiger partial charge >= 0.3 is 0 Å². The zero-order valence-electron chi connectivity index (χ0n) is 10.3. The number of anilines is 1. The molecule has 1 N–H and O–H groups in total. The van der Waals surface area contributed by atoms with Gasteiger partial charge in [-0.2, -0.15) is 0 Å². The molecule has 0 saturated carbocycles. The van der Waals surface area contributed by atoms with Gasteiger partial charge in [0.2, 0.25) is 0 Å². The molecule has 0 spiro atoms. The molecule has 4 nitrogen and oxygen atoms in total. The summed E-state index contributed by atoms with van der Waals surface area (Å²) in [4.78, 5) is 10.2. The standard InChI is InChI=1S/C14H13BrN2O2/c1-10(16-14-5-3-2-4-13(14)15)11-6-8-12(9-7-11)17(18)19/h2-10,16H,1H3. The lowest BCUT2D eigenvalue weighted by Crippen LogP contribution is -2.06. The summed E-state index contributed by atoms with van der Waals surface area (Å²) in [6.07, 6.45) is 0. The van der Waals surface area contributed by atoms with Gasteiger partial charge in [-0.3, -0.25) is 10.1 Å². The van der Waals surface area contributed by atoms with E-state index in [1.807, 2.05) is 31.2 Å². The molecule has 0 saturated heterocycles. The number of nitrogens with one attached hydrogen (secondary N) is 1. The number of nitro groups is 1. The van der Waals surface area contributed by atoms with E-state index in [1.165, 1.54) is 12.1 Å². The first-order valence-corrected chi connectivity index (χ1v) is 6.62. The van der Waals surface area contributed by atoms with Crippen LogP contribution in [0, 0.1) is 10.1 Å². The quantitative estimate of drug-likeness (QED) is 0.665. The maximum Gasteiger partial charge on any atom is 0.269 e. The summed E-state index contributed by atoms with van der Waals surface area (Å²) in [6, 6.07) is 14.5. The summed E-state index contributed by atoms with van der Waals surface area (Å²) < 4.78 is 0.990. The van der Waals surface area contributed by atoms with Crippen molar-refractivity contribution in [3.63, 3.8) is 0 Å². The van der Waals surface area contributed by atoms with Gasteiger partial charge in [0.15, 0.2) is 0 Å². The Morgan fingerprint density at radius 1 is 1.16 bits per heavy atom. The lowest BCUT2D eigenvalue weighted by molar-refractivity contribution is -0.384. The average molecular weight is 321 g/mol. The van der Waals surface area contributed by atoms with E-state index in [4.69, 9.17) is 0 Å². The molecule has 0 radical (unpaired) electrons. The third-order valence-corrected chi connectivity index (χ3v) is 3.54. The minimum Gasteiger partial charge on any atom is -0.378 e. The second-order valence-electron chi connectivity index (χ2n) is 4.19. The summed E-state index contributed by atoms with van der Waals surface area (Å²) in [5.41, 5.74) is 2.10. The summed E-state index contributed by atoms with van der Waals surface area (Å²) in [7, 11) is 0. The third kappa shape index (κ3) is 3.32. The highest BCUT2D eigenvalue weighted by Gasteiger charge is 2.09. The molecule has 0 heterocycles. The lowest BCUT2D eigenvalue weighted by atomic mass is 10.1. The maximum absolute atomic E-state index is 10.6. The topological polar surface area (TPSA) is 55.2 Å². The smallest absolute Gasteiger partial charge is 0.269 e. The highest BCUT2D eigenvalue weighted by molar-refractivity contribution is 9.10. The fourth-order valence-corrected chi connectivity index (χ4v) is 2.18. The van der Waals surface area contributed by atoms with E-state index in [1.54, 1.807) is 12.1 Å². The first-order valence-electron chi connectivity index (χ1n) is 5.83. The molecule has 0 aromatic heterocycles. The summed E-state index contributed by atoms with van der Waals surface area (Å²) >= 11 is 3.48. The van der Waals surface area contributed by atoms with Crippen LogP contribution in [0.1, 0.15) is 18.5 Å². The molecular formula is C14H13BrN2O2. The van der Waals surface area contributed by atoms with Crippen LogP contribution < -0.4 is 5.32 Å². The molecule has 0 bridgehead atoms. The Bertz CT molecular complexity index is 584. The maximum atomic E-state index is 10.6. The zero-order valence-corrected chi connectivity index (χ0v) is 11.9. The van der Waals surface area contributed by atoms with Crippen molar-refractivity contribution in [2.45, 2.75) is 13.0 Å². The van der Waals surface area contributed by atoms with E-state index >= 15 is 0 Å². The van der Waals surface area contributed by atoms with Crippen LogP contribution in [0.3, 0.4) is 0 Å². The Balaban J connectivity index is 2.14. The number of nitrogens with zero attached hydrogens (tertiary/aromatic N) is 1. The molecule has 19 heavy (non-hydrogen) atoms.